The Balaban J connectivity index is 2.14. The molecule has 0 aliphatic heterocycles. The van der Waals surface area contributed by atoms with Crippen molar-refractivity contribution < 1.29 is 13.2 Å². The van der Waals surface area contributed by atoms with Gasteiger partial charge in [0, 0.05) is 0 Å². The second kappa shape index (κ2) is 6.76. The summed E-state index contributed by atoms with van der Waals surface area (Å²) in [5.74, 6) is 0. The minimum absolute atomic E-state index is 0.251. The van der Waals surface area contributed by atoms with Crippen LogP contribution in [0.2, 0.25) is 0 Å². The van der Waals surface area contributed by atoms with Crippen molar-refractivity contribution in [2.24, 2.45) is 0 Å². The highest BCUT2D eigenvalue weighted by molar-refractivity contribution is 5.30. The highest BCUT2D eigenvalue weighted by Crippen LogP contribution is 2.32. The molecule has 2 rings (SSSR count). The van der Waals surface area contributed by atoms with E-state index in [4.69, 9.17) is 0 Å². The van der Waals surface area contributed by atoms with Crippen LogP contribution in [0.3, 0.4) is 0 Å². The smallest absolute Gasteiger partial charge is 0.303 e. The SMILES string of the molecule is CCNC(c1ccc(Cc2ccccc2)cc1)C(F)(F)F. The van der Waals surface area contributed by atoms with Gasteiger partial charge in [-0.2, -0.15) is 13.2 Å². The maximum Gasteiger partial charge on any atom is 0.407 e. The zero-order chi connectivity index (χ0) is 15.3. The molecule has 0 bridgehead atoms. The molecule has 0 aliphatic carbocycles. The molecular weight excluding hydrogens is 275 g/mol. The van der Waals surface area contributed by atoms with Crippen molar-refractivity contribution >= 4 is 0 Å². The lowest BCUT2D eigenvalue weighted by Gasteiger charge is -2.21. The average molecular weight is 293 g/mol. The van der Waals surface area contributed by atoms with Crippen LogP contribution < -0.4 is 5.32 Å². The second-order valence-electron chi connectivity index (χ2n) is 4.94. The minimum Gasteiger partial charge on any atom is -0.303 e. The Morgan fingerprint density at radius 2 is 1.48 bits per heavy atom. The number of hydrogen-bond donors (Lipinski definition) is 1. The Hall–Kier alpha value is -1.81. The molecule has 0 saturated heterocycles. The van der Waals surface area contributed by atoms with Gasteiger partial charge in [0.1, 0.15) is 6.04 Å². The van der Waals surface area contributed by atoms with Gasteiger partial charge in [-0.1, -0.05) is 61.5 Å². The van der Waals surface area contributed by atoms with Crippen molar-refractivity contribution in [2.45, 2.75) is 25.6 Å². The first-order valence-electron chi connectivity index (χ1n) is 6.93. The third-order valence-corrected chi connectivity index (χ3v) is 3.30. The summed E-state index contributed by atoms with van der Waals surface area (Å²) in [4.78, 5) is 0. The molecule has 1 unspecified atom stereocenters. The molecule has 0 heterocycles. The van der Waals surface area contributed by atoms with Crippen LogP contribution in [0.15, 0.2) is 54.6 Å². The number of nitrogens with one attached hydrogen (secondary N) is 1. The number of benzene rings is 2. The predicted octanol–water partition coefficient (Wildman–Crippen LogP) is 4.49. The van der Waals surface area contributed by atoms with Crippen molar-refractivity contribution in [1.82, 2.24) is 5.32 Å². The van der Waals surface area contributed by atoms with Crippen molar-refractivity contribution in [1.29, 1.82) is 0 Å². The fraction of sp³-hybridized carbons (Fsp3) is 0.294. The lowest BCUT2D eigenvalue weighted by Crippen LogP contribution is -2.33. The topological polar surface area (TPSA) is 12.0 Å². The van der Waals surface area contributed by atoms with E-state index in [2.05, 4.69) is 5.32 Å². The van der Waals surface area contributed by atoms with Crippen molar-refractivity contribution in [3.63, 3.8) is 0 Å². The fourth-order valence-electron chi connectivity index (χ4n) is 2.29. The summed E-state index contributed by atoms with van der Waals surface area (Å²) in [6, 6.07) is 14.9. The van der Waals surface area contributed by atoms with Crippen LogP contribution in [0.5, 0.6) is 0 Å². The van der Waals surface area contributed by atoms with Crippen molar-refractivity contribution in [2.75, 3.05) is 6.54 Å². The summed E-state index contributed by atoms with van der Waals surface area (Å²) in [7, 11) is 0. The summed E-state index contributed by atoms with van der Waals surface area (Å²) in [6.45, 7) is 1.94. The van der Waals surface area contributed by atoms with E-state index in [0.29, 0.717) is 0 Å². The van der Waals surface area contributed by atoms with Gasteiger partial charge in [0.2, 0.25) is 0 Å². The van der Waals surface area contributed by atoms with Crippen LogP contribution in [0.1, 0.15) is 29.7 Å². The molecular formula is C17H18F3N. The zero-order valence-electron chi connectivity index (χ0n) is 11.8. The molecule has 0 fully saturated rings. The standard InChI is InChI=1S/C17H18F3N/c1-2-21-16(17(18,19)20)15-10-8-14(9-11-15)12-13-6-4-3-5-7-13/h3-11,16,21H,2,12H2,1H3. The van der Waals surface area contributed by atoms with E-state index in [1.54, 1.807) is 31.2 Å². The molecule has 0 spiro atoms. The highest BCUT2D eigenvalue weighted by Gasteiger charge is 2.39. The first-order valence-corrected chi connectivity index (χ1v) is 6.93. The zero-order valence-corrected chi connectivity index (χ0v) is 11.8. The largest absolute Gasteiger partial charge is 0.407 e. The Morgan fingerprint density at radius 1 is 0.905 bits per heavy atom. The van der Waals surface area contributed by atoms with Crippen molar-refractivity contribution in [3.05, 3.63) is 71.3 Å². The van der Waals surface area contributed by atoms with E-state index >= 15 is 0 Å². The van der Waals surface area contributed by atoms with Crippen LogP contribution in [0.4, 0.5) is 13.2 Å². The van der Waals surface area contributed by atoms with Gasteiger partial charge in [-0.25, -0.2) is 0 Å². The van der Waals surface area contributed by atoms with Gasteiger partial charge in [-0.3, -0.25) is 0 Å². The molecule has 1 N–H and O–H groups in total. The molecule has 21 heavy (non-hydrogen) atoms. The van der Waals surface area contributed by atoms with Gasteiger partial charge in [-0.05, 0) is 29.7 Å². The monoisotopic (exact) mass is 293 g/mol. The van der Waals surface area contributed by atoms with Gasteiger partial charge in [0.15, 0.2) is 0 Å². The number of alkyl halides is 3. The van der Waals surface area contributed by atoms with Crippen LogP contribution in [-0.4, -0.2) is 12.7 Å². The third-order valence-electron chi connectivity index (χ3n) is 3.30. The van der Waals surface area contributed by atoms with Gasteiger partial charge in [0.25, 0.3) is 0 Å². The van der Waals surface area contributed by atoms with Gasteiger partial charge in [-0.15, -0.1) is 0 Å². The van der Waals surface area contributed by atoms with E-state index in [9.17, 15) is 13.2 Å². The van der Waals surface area contributed by atoms with E-state index in [1.807, 2.05) is 30.3 Å². The minimum atomic E-state index is -4.28. The Bertz CT molecular complexity index is 546. The molecule has 0 aliphatic rings. The number of rotatable bonds is 5. The highest BCUT2D eigenvalue weighted by atomic mass is 19.4. The summed E-state index contributed by atoms with van der Waals surface area (Å²) in [5.41, 5.74) is 2.40. The summed E-state index contributed by atoms with van der Waals surface area (Å²) in [5, 5.41) is 2.48. The molecule has 0 amide bonds. The second-order valence-corrected chi connectivity index (χ2v) is 4.94. The molecule has 1 atom stereocenters. The van der Waals surface area contributed by atoms with E-state index in [1.165, 1.54) is 0 Å². The van der Waals surface area contributed by atoms with Crippen LogP contribution in [0, 0.1) is 0 Å². The first kappa shape index (κ1) is 15.6. The van der Waals surface area contributed by atoms with Crippen molar-refractivity contribution in [3.8, 4) is 0 Å². The maximum atomic E-state index is 13.0. The Labute approximate surface area is 122 Å². The van der Waals surface area contributed by atoms with Crippen LogP contribution >= 0.6 is 0 Å². The number of halogens is 3. The summed E-state index contributed by atoms with van der Waals surface area (Å²) >= 11 is 0. The first-order chi connectivity index (χ1) is 10.0. The van der Waals surface area contributed by atoms with Gasteiger partial charge >= 0.3 is 6.18 Å². The van der Waals surface area contributed by atoms with Gasteiger partial charge < -0.3 is 5.32 Å². The molecule has 0 aromatic heterocycles. The lowest BCUT2D eigenvalue weighted by molar-refractivity contribution is -0.157. The van der Waals surface area contributed by atoms with E-state index in [0.717, 1.165) is 17.5 Å². The average Bonchev–Trinajstić information content (AvgIpc) is 2.46. The molecule has 0 saturated carbocycles. The van der Waals surface area contributed by atoms with Gasteiger partial charge in [0.05, 0.1) is 0 Å². The molecule has 2 aromatic rings. The lowest BCUT2D eigenvalue weighted by atomic mass is 10.0. The molecule has 2 aromatic carbocycles. The predicted molar refractivity (Wildman–Crippen MR) is 78.2 cm³/mol. The fourth-order valence-corrected chi connectivity index (χ4v) is 2.29. The molecule has 0 radical (unpaired) electrons. The molecule has 1 nitrogen and oxygen atoms in total. The third kappa shape index (κ3) is 4.33. The summed E-state index contributed by atoms with van der Waals surface area (Å²) in [6.07, 6.45) is -3.56. The van der Waals surface area contributed by atoms with Crippen LogP contribution in [-0.2, 0) is 6.42 Å². The Morgan fingerprint density at radius 3 is 2.00 bits per heavy atom. The number of hydrogen-bond acceptors (Lipinski definition) is 1. The summed E-state index contributed by atoms with van der Waals surface area (Å²) < 4.78 is 38.9. The molecule has 4 heteroatoms. The van der Waals surface area contributed by atoms with E-state index < -0.39 is 12.2 Å². The maximum absolute atomic E-state index is 13.0. The molecule has 112 valence electrons. The Kier molecular flexibility index (Phi) is 5.02. The normalized spacial score (nSPS) is 13.1. The van der Waals surface area contributed by atoms with E-state index in [-0.39, 0.29) is 12.1 Å². The quantitative estimate of drug-likeness (QED) is 0.856. The van der Waals surface area contributed by atoms with Crippen LogP contribution in [0.25, 0.3) is 0 Å².